The van der Waals surface area contributed by atoms with Gasteiger partial charge in [-0.2, -0.15) is 13.2 Å². The first-order valence-corrected chi connectivity index (χ1v) is 6.61. The highest BCUT2D eigenvalue weighted by Crippen LogP contribution is 2.29. The monoisotopic (exact) mass is 288 g/mol. The highest BCUT2D eigenvalue weighted by Gasteiger charge is 2.33. The fraction of sp³-hybridized carbons (Fsp3) is 0.692. The van der Waals surface area contributed by atoms with Gasteiger partial charge in [0, 0.05) is 19.6 Å². The maximum atomic E-state index is 12.5. The molecular weight excluding hydrogens is 269 g/mol. The summed E-state index contributed by atoms with van der Waals surface area (Å²) in [4.78, 5) is 4.19. The van der Waals surface area contributed by atoms with Gasteiger partial charge in [-0.1, -0.05) is 6.92 Å². The second kappa shape index (κ2) is 5.55. The summed E-state index contributed by atoms with van der Waals surface area (Å²) in [5, 5.41) is 6.99. The number of halogens is 3. The summed E-state index contributed by atoms with van der Waals surface area (Å²) in [5.41, 5.74) is -0.953. The molecule has 0 spiro atoms. The van der Waals surface area contributed by atoms with Crippen molar-refractivity contribution in [2.24, 2.45) is 5.92 Å². The average molecular weight is 288 g/mol. The zero-order chi connectivity index (χ0) is 14.9. The van der Waals surface area contributed by atoms with Gasteiger partial charge in [0.15, 0.2) is 11.5 Å². The SMILES string of the molecule is CC1CN(C)CCC1N(C)c1ccc(C(F)(F)F)nn1. The van der Waals surface area contributed by atoms with Crippen LogP contribution in [-0.4, -0.2) is 48.3 Å². The molecule has 4 nitrogen and oxygen atoms in total. The summed E-state index contributed by atoms with van der Waals surface area (Å²) in [5.74, 6) is 0.919. The van der Waals surface area contributed by atoms with Gasteiger partial charge in [-0.25, -0.2) is 0 Å². The van der Waals surface area contributed by atoms with Crippen LogP contribution in [0.5, 0.6) is 0 Å². The molecule has 20 heavy (non-hydrogen) atoms. The minimum absolute atomic E-state index is 0.275. The maximum Gasteiger partial charge on any atom is 0.435 e. The molecule has 0 N–H and O–H groups in total. The van der Waals surface area contributed by atoms with Crippen molar-refractivity contribution < 1.29 is 13.2 Å². The van der Waals surface area contributed by atoms with Crippen molar-refractivity contribution in [1.82, 2.24) is 15.1 Å². The Morgan fingerprint density at radius 2 is 2.00 bits per heavy atom. The van der Waals surface area contributed by atoms with Crippen molar-refractivity contribution in [1.29, 1.82) is 0 Å². The molecule has 1 aromatic heterocycles. The molecule has 112 valence electrons. The Morgan fingerprint density at radius 1 is 1.30 bits per heavy atom. The molecule has 0 amide bonds. The highest BCUT2D eigenvalue weighted by molar-refractivity contribution is 5.38. The van der Waals surface area contributed by atoms with Gasteiger partial charge in [0.2, 0.25) is 0 Å². The highest BCUT2D eigenvalue weighted by atomic mass is 19.4. The Labute approximate surface area is 116 Å². The van der Waals surface area contributed by atoms with E-state index in [2.05, 4.69) is 29.1 Å². The standard InChI is InChI=1S/C13H19F3N4/c1-9-8-19(2)7-6-10(9)20(3)12-5-4-11(17-18-12)13(14,15)16/h4-5,9-10H,6-8H2,1-3H3. The van der Waals surface area contributed by atoms with Crippen molar-refractivity contribution in [3.05, 3.63) is 17.8 Å². The number of nitrogens with zero attached hydrogens (tertiary/aromatic N) is 4. The third-order valence-electron chi connectivity index (χ3n) is 3.86. The summed E-state index contributed by atoms with van der Waals surface area (Å²) < 4.78 is 37.4. The van der Waals surface area contributed by atoms with Gasteiger partial charge in [-0.15, -0.1) is 10.2 Å². The van der Waals surface area contributed by atoms with E-state index < -0.39 is 11.9 Å². The number of anilines is 1. The van der Waals surface area contributed by atoms with E-state index in [1.54, 1.807) is 0 Å². The Hall–Kier alpha value is -1.37. The molecule has 0 radical (unpaired) electrons. The predicted molar refractivity (Wildman–Crippen MR) is 70.5 cm³/mol. The minimum Gasteiger partial charge on any atom is -0.355 e. The molecule has 0 saturated carbocycles. The second-order valence-corrected chi connectivity index (χ2v) is 5.48. The Bertz CT molecular complexity index is 446. The summed E-state index contributed by atoms with van der Waals surface area (Å²) in [7, 11) is 3.94. The molecule has 2 heterocycles. The van der Waals surface area contributed by atoms with Crippen molar-refractivity contribution in [3.8, 4) is 0 Å². The number of hydrogen-bond donors (Lipinski definition) is 0. The van der Waals surface area contributed by atoms with Gasteiger partial charge >= 0.3 is 6.18 Å². The van der Waals surface area contributed by atoms with Crippen LogP contribution in [0.3, 0.4) is 0 Å². The number of likely N-dealkylation sites (tertiary alicyclic amines) is 1. The van der Waals surface area contributed by atoms with E-state index >= 15 is 0 Å². The molecule has 1 saturated heterocycles. The molecule has 2 atom stereocenters. The van der Waals surface area contributed by atoms with E-state index in [0.29, 0.717) is 11.7 Å². The summed E-state index contributed by atoms with van der Waals surface area (Å²) >= 11 is 0. The third-order valence-corrected chi connectivity index (χ3v) is 3.86. The van der Waals surface area contributed by atoms with Crippen molar-refractivity contribution in [3.63, 3.8) is 0 Å². The fourth-order valence-electron chi connectivity index (χ4n) is 2.75. The number of alkyl halides is 3. The van der Waals surface area contributed by atoms with E-state index in [1.165, 1.54) is 6.07 Å². The van der Waals surface area contributed by atoms with Gasteiger partial charge in [0.25, 0.3) is 0 Å². The van der Waals surface area contributed by atoms with Crippen LogP contribution in [0.15, 0.2) is 12.1 Å². The molecule has 0 bridgehead atoms. The van der Waals surface area contributed by atoms with Crippen LogP contribution in [0.25, 0.3) is 0 Å². The fourth-order valence-corrected chi connectivity index (χ4v) is 2.75. The zero-order valence-corrected chi connectivity index (χ0v) is 11.9. The number of aromatic nitrogens is 2. The molecule has 1 aromatic rings. The smallest absolute Gasteiger partial charge is 0.355 e. The van der Waals surface area contributed by atoms with Crippen LogP contribution < -0.4 is 4.90 Å². The summed E-state index contributed by atoms with van der Waals surface area (Å²) in [6, 6.07) is 2.65. The first kappa shape index (κ1) is 15.0. The lowest BCUT2D eigenvalue weighted by molar-refractivity contribution is -0.141. The number of rotatable bonds is 2. The van der Waals surface area contributed by atoms with Crippen LogP contribution in [0.4, 0.5) is 19.0 Å². The zero-order valence-electron chi connectivity index (χ0n) is 11.9. The van der Waals surface area contributed by atoms with Gasteiger partial charge in [-0.3, -0.25) is 0 Å². The molecular formula is C13H19F3N4. The van der Waals surface area contributed by atoms with Crippen molar-refractivity contribution in [2.45, 2.75) is 25.6 Å². The van der Waals surface area contributed by atoms with Crippen molar-refractivity contribution in [2.75, 3.05) is 32.1 Å². The third kappa shape index (κ3) is 3.20. The quantitative estimate of drug-likeness (QED) is 0.835. The minimum atomic E-state index is -4.44. The average Bonchev–Trinajstić information content (AvgIpc) is 2.37. The molecule has 1 aliphatic rings. The summed E-state index contributed by atoms with van der Waals surface area (Å²) in [6.07, 6.45) is -3.47. The van der Waals surface area contributed by atoms with Crippen LogP contribution >= 0.6 is 0 Å². The molecule has 0 aromatic carbocycles. The molecule has 7 heteroatoms. The number of piperidine rings is 1. The van der Waals surface area contributed by atoms with E-state index in [4.69, 9.17) is 0 Å². The van der Waals surface area contributed by atoms with E-state index in [0.717, 1.165) is 25.6 Å². The topological polar surface area (TPSA) is 32.3 Å². The lowest BCUT2D eigenvalue weighted by Crippen LogP contribution is -2.48. The second-order valence-electron chi connectivity index (χ2n) is 5.48. The molecule has 1 fully saturated rings. The van der Waals surface area contributed by atoms with Crippen molar-refractivity contribution >= 4 is 5.82 Å². The van der Waals surface area contributed by atoms with Gasteiger partial charge in [0.05, 0.1) is 0 Å². The normalized spacial score (nSPS) is 24.7. The molecule has 0 aliphatic carbocycles. The molecule has 1 aliphatic heterocycles. The maximum absolute atomic E-state index is 12.5. The lowest BCUT2D eigenvalue weighted by atomic mass is 9.93. The van der Waals surface area contributed by atoms with Crippen LogP contribution in [-0.2, 0) is 6.18 Å². The molecule has 2 rings (SSSR count). The Balaban J connectivity index is 2.11. The van der Waals surface area contributed by atoms with Gasteiger partial charge in [-0.05, 0) is 38.1 Å². The predicted octanol–water partition coefficient (Wildman–Crippen LogP) is 2.27. The van der Waals surface area contributed by atoms with E-state index in [-0.39, 0.29) is 6.04 Å². The van der Waals surface area contributed by atoms with Crippen LogP contribution in [0.1, 0.15) is 19.0 Å². The largest absolute Gasteiger partial charge is 0.435 e. The first-order chi connectivity index (χ1) is 9.29. The first-order valence-electron chi connectivity index (χ1n) is 6.61. The lowest BCUT2D eigenvalue weighted by Gasteiger charge is -2.40. The Morgan fingerprint density at radius 3 is 2.50 bits per heavy atom. The van der Waals surface area contributed by atoms with Gasteiger partial charge in [0.1, 0.15) is 0 Å². The number of hydrogen-bond acceptors (Lipinski definition) is 4. The molecule has 2 unspecified atom stereocenters. The van der Waals surface area contributed by atoms with Crippen LogP contribution in [0, 0.1) is 5.92 Å². The summed E-state index contributed by atoms with van der Waals surface area (Å²) in [6.45, 7) is 4.10. The Kier molecular flexibility index (Phi) is 4.17. The van der Waals surface area contributed by atoms with Gasteiger partial charge < -0.3 is 9.80 Å². The van der Waals surface area contributed by atoms with Crippen LogP contribution in [0.2, 0.25) is 0 Å². The van der Waals surface area contributed by atoms with E-state index in [1.807, 2.05) is 11.9 Å². The van der Waals surface area contributed by atoms with E-state index in [9.17, 15) is 13.2 Å².